The predicted molar refractivity (Wildman–Crippen MR) is 148 cm³/mol. The van der Waals surface area contributed by atoms with Crippen molar-refractivity contribution in [2.45, 2.75) is 49.5 Å². The molecule has 0 aliphatic carbocycles. The van der Waals surface area contributed by atoms with Crippen molar-refractivity contribution in [1.82, 2.24) is 4.98 Å². The third-order valence-corrected chi connectivity index (χ3v) is 9.19. The molecule has 1 fully saturated rings. The highest BCUT2D eigenvalue weighted by molar-refractivity contribution is 7.93. The number of benzene rings is 2. The van der Waals surface area contributed by atoms with Gasteiger partial charge in [-0.25, -0.2) is 18.2 Å². The molecule has 3 heterocycles. The first-order valence-corrected chi connectivity index (χ1v) is 14.8. The Morgan fingerprint density at radius 3 is 2.46 bits per heavy atom. The summed E-state index contributed by atoms with van der Waals surface area (Å²) < 4.78 is 33.5. The van der Waals surface area contributed by atoms with Gasteiger partial charge in [0.25, 0.3) is 10.0 Å². The largest absolute Gasteiger partial charge is 0.443 e. The molecule has 8 nitrogen and oxygen atoms in total. The first kappa shape index (κ1) is 25.8. The number of fused-ring (bicyclic) bond motifs is 2. The van der Waals surface area contributed by atoms with E-state index in [-0.39, 0.29) is 16.4 Å². The van der Waals surface area contributed by atoms with Crippen molar-refractivity contribution in [2.75, 3.05) is 34.2 Å². The number of anilines is 3. The van der Waals surface area contributed by atoms with Gasteiger partial charge in [-0.05, 0) is 81.6 Å². The second-order valence-corrected chi connectivity index (χ2v) is 13.4. The molecule has 196 valence electrons. The summed E-state index contributed by atoms with van der Waals surface area (Å²) in [6.45, 7) is 7.66. The number of nitrogens with zero attached hydrogens (tertiary/aromatic N) is 3. The molecule has 1 amide bonds. The topological polar surface area (TPSA) is 91.8 Å². The van der Waals surface area contributed by atoms with E-state index in [1.54, 1.807) is 28.6 Å². The maximum absolute atomic E-state index is 13.0. The molecular weight excluding hydrogens is 532 g/mol. The SMILES string of the molecule is CC(C)(C)OC(=O)N1CC2(CCN(c3ccc(S(=O)(=O)Nc4nccs4)cc3)CC2)c2cc(Cl)ccc21. The number of hydrogen-bond acceptors (Lipinski definition) is 7. The Hall–Kier alpha value is -2.82. The number of nitrogens with one attached hydrogen (secondary N) is 1. The van der Waals surface area contributed by atoms with E-state index < -0.39 is 15.6 Å². The van der Waals surface area contributed by atoms with Crippen LogP contribution in [0.3, 0.4) is 0 Å². The van der Waals surface area contributed by atoms with Gasteiger partial charge in [0.1, 0.15) is 5.60 Å². The molecule has 37 heavy (non-hydrogen) atoms. The number of aromatic nitrogens is 1. The van der Waals surface area contributed by atoms with Gasteiger partial charge in [0, 0.05) is 47.3 Å². The van der Waals surface area contributed by atoms with Crippen molar-refractivity contribution >= 4 is 55.6 Å². The van der Waals surface area contributed by atoms with Crippen LogP contribution in [0.5, 0.6) is 0 Å². The normalized spacial score (nSPS) is 17.1. The summed E-state index contributed by atoms with van der Waals surface area (Å²) in [5.41, 5.74) is 2.10. The minimum absolute atomic E-state index is 0.187. The van der Waals surface area contributed by atoms with Crippen LogP contribution < -0.4 is 14.5 Å². The lowest BCUT2D eigenvalue weighted by atomic mass is 9.74. The van der Waals surface area contributed by atoms with Gasteiger partial charge in [-0.1, -0.05) is 11.6 Å². The Labute approximate surface area is 226 Å². The molecule has 2 aliphatic rings. The summed E-state index contributed by atoms with van der Waals surface area (Å²) >= 11 is 7.61. The van der Waals surface area contributed by atoms with E-state index >= 15 is 0 Å². The number of ether oxygens (including phenoxy) is 1. The monoisotopic (exact) mass is 560 g/mol. The molecule has 0 saturated carbocycles. The number of thiazole rings is 1. The Morgan fingerprint density at radius 2 is 1.84 bits per heavy atom. The molecule has 1 aromatic heterocycles. The van der Waals surface area contributed by atoms with Crippen molar-refractivity contribution in [1.29, 1.82) is 0 Å². The number of amides is 1. The average Bonchev–Trinajstić information content (AvgIpc) is 3.45. The highest BCUT2D eigenvalue weighted by Gasteiger charge is 2.47. The van der Waals surface area contributed by atoms with Gasteiger partial charge in [0.2, 0.25) is 0 Å². The third-order valence-electron chi connectivity index (χ3n) is 6.78. The second kappa shape index (κ2) is 9.49. The lowest BCUT2D eigenvalue weighted by Crippen LogP contribution is -2.46. The third kappa shape index (κ3) is 5.28. The standard InChI is InChI=1S/C26H29ClN4O4S2/c1-25(2,3)35-24(32)31-17-26(21-16-18(27)4-9-22(21)31)10-13-30(14-11-26)19-5-7-20(8-6-19)37(33,34)29-23-28-12-15-36-23/h4-9,12,15-16H,10-11,13-14,17H2,1-3H3,(H,28,29). The Bertz CT molecular complexity index is 1400. The van der Waals surface area contributed by atoms with Gasteiger partial charge >= 0.3 is 6.09 Å². The fraction of sp³-hybridized carbons (Fsp3) is 0.385. The summed E-state index contributed by atoms with van der Waals surface area (Å²) in [5.74, 6) is 0. The first-order chi connectivity index (χ1) is 17.5. The summed E-state index contributed by atoms with van der Waals surface area (Å²) in [6, 6.07) is 12.6. The van der Waals surface area contributed by atoms with Crippen LogP contribution >= 0.6 is 22.9 Å². The van der Waals surface area contributed by atoms with E-state index in [1.165, 1.54) is 11.3 Å². The minimum atomic E-state index is -3.70. The number of piperidine rings is 1. The Balaban J connectivity index is 1.31. The van der Waals surface area contributed by atoms with Gasteiger partial charge in [-0.2, -0.15) is 0 Å². The molecule has 2 aromatic carbocycles. The van der Waals surface area contributed by atoms with Crippen LogP contribution in [0.2, 0.25) is 5.02 Å². The fourth-order valence-electron chi connectivity index (χ4n) is 5.03. The molecule has 0 unspecified atom stereocenters. The van der Waals surface area contributed by atoms with Crippen molar-refractivity contribution in [2.24, 2.45) is 0 Å². The summed E-state index contributed by atoms with van der Waals surface area (Å²) in [6.07, 6.45) is 2.85. The maximum atomic E-state index is 13.0. The second-order valence-electron chi connectivity index (χ2n) is 10.4. The fourth-order valence-corrected chi connectivity index (χ4v) is 6.99. The molecule has 2 aliphatic heterocycles. The van der Waals surface area contributed by atoms with Crippen molar-refractivity contribution < 1.29 is 17.9 Å². The summed E-state index contributed by atoms with van der Waals surface area (Å²) in [7, 11) is -3.70. The van der Waals surface area contributed by atoms with Crippen LogP contribution in [0.25, 0.3) is 0 Å². The molecule has 1 N–H and O–H groups in total. The van der Waals surface area contributed by atoms with Crippen LogP contribution in [0.15, 0.2) is 58.9 Å². The highest BCUT2D eigenvalue weighted by Crippen LogP contribution is 2.48. The lowest BCUT2D eigenvalue weighted by molar-refractivity contribution is 0.0576. The van der Waals surface area contributed by atoms with Gasteiger partial charge in [0.05, 0.1) is 10.6 Å². The number of halogens is 1. The van der Waals surface area contributed by atoms with Crippen LogP contribution in [0.4, 0.5) is 21.3 Å². The van der Waals surface area contributed by atoms with Crippen LogP contribution in [0.1, 0.15) is 39.2 Å². The van der Waals surface area contributed by atoms with Crippen LogP contribution in [-0.2, 0) is 20.2 Å². The molecule has 0 radical (unpaired) electrons. The number of sulfonamides is 1. The molecule has 1 spiro atoms. The van der Waals surface area contributed by atoms with E-state index in [0.717, 1.165) is 42.9 Å². The first-order valence-electron chi connectivity index (χ1n) is 12.0. The lowest BCUT2D eigenvalue weighted by Gasteiger charge is -2.41. The van der Waals surface area contributed by atoms with E-state index in [1.807, 2.05) is 51.1 Å². The van der Waals surface area contributed by atoms with Crippen LogP contribution in [-0.4, -0.2) is 44.7 Å². The Morgan fingerprint density at radius 1 is 1.14 bits per heavy atom. The zero-order valence-electron chi connectivity index (χ0n) is 20.9. The van der Waals surface area contributed by atoms with Gasteiger partial charge in [-0.3, -0.25) is 9.62 Å². The summed E-state index contributed by atoms with van der Waals surface area (Å²) in [5, 5.41) is 2.70. The van der Waals surface area contributed by atoms with Crippen molar-refractivity contribution in [3.63, 3.8) is 0 Å². The number of hydrogen-bond donors (Lipinski definition) is 1. The molecule has 1 saturated heterocycles. The maximum Gasteiger partial charge on any atom is 0.414 e. The molecule has 11 heteroatoms. The van der Waals surface area contributed by atoms with E-state index in [2.05, 4.69) is 14.6 Å². The zero-order valence-corrected chi connectivity index (χ0v) is 23.3. The molecule has 0 bridgehead atoms. The smallest absolute Gasteiger partial charge is 0.414 e. The summed E-state index contributed by atoms with van der Waals surface area (Å²) in [4.78, 5) is 21.2. The van der Waals surface area contributed by atoms with E-state index in [9.17, 15) is 13.2 Å². The van der Waals surface area contributed by atoms with Gasteiger partial charge in [-0.15, -0.1) is 11.3 Å². The molecule has 5 rings (SSSR count). The van der Waals surface area contributed by atoms with E-state index in [0.29, 0.717) is 16.7 Å². The van der Waals surface area contributed by atoms with Gasteiger partial charge < -0.3 is 9.64 Å². The van der Waals surface area contributed by atoms with Gasteiger partial charge in [0.15, 0.2) is 5.13 Å². The molecule has 3 aromatic rings. The molecular formula is C26H29ClN4O4S2. The number of carbonyl (C=O) groups is 1. The van der Waals surface area contributed by atoms with Crippen LogP contribution in [0, 0.1) is 0 Å². The van der Waals surface area contributed by atoms with Crippen molar-refractivity contribution in [3.05, 3.63) is 64.6 Å². The van der Waals surface area contributed by atoms with Crippen molar-refractivity contribution in [3.8, 4) is 0 Å². The molecule has 0 atom stereocenters. The predicted octanol–water partition coefficient (Wildman–Crippen LogP) is 5.89. The quantitative estimate of drug-likeness (QED) is 0.428. The number of rotatable bonds is 4. The minimum Gasteiger partial charge on any atom is -0.443 e. The Kier molecular flexibility index (Phi) is 6.62. The average molecular weight is 561 g/mol. The van der Waals surface area contributed by atoms with E-state index in [4.69, 9.17) is 16.3 Å². The highest BCUT2D eigenvalue weighted by atomic mass is 35.5. The number of carbonyl (C=O) groups excluding carboxylic acids is 1. The zero-order chi connectivity index (χ0) is 26.4.